The van der Waals surface area contributed by atoms with Crippen LogP contribution in [-0.4, -0.2) is 0 Å². The smallest absolute Gasteiger partial charge is 0.0355 e. The van der Waals surface area contributed by atoms with Gasteiger partial charge in [0.25, 0.3) is 0 Å². The van der Waals surface area contributed by atoms with Crippen molar-refractivity contribution in [2.24, 2.45) is 0 Å². The minimum absolute atomic E-state index is 0.116. The van der Waals surface area contributed by atoms with E-state index in [4.69, 9.17) is 0 Å². The van der Waals surface area contributed by atoms with Crippen molar-refractivity contribution < 1.29 is 0 Å². The van der Waals surface area contributed by atoms with Gasteiger partial charge >= 0.3 is 0 Å². The van der Waals surface area contributed by atoms with E-state index in [0.717, 1.165) is 0 Å². The van der Waals surface area contributed by atoms with Crippen LogP contribution in [0.15, 0.2) is 182 Å². The molecule has 0 nitrogen and oxygen atoms in total. The third kappa shape index (κ3) is 4.41. The van der Waals surface area contributed by atoms with E-state index in [9.17, 15) is 0 Å². The second kappa shape index (κ2) is 11.7. The molecule has 0 saturated heterocycles. The van der Waals surface area contributed by atoms with Gasteiger partial charge in [-0.3, -0.25) is 0 Å². The van der Waals surface area contributed by atoms with Gasteiger partial charge in [-0.15, -0.1) is 11.3 Å². The van der Waals surface area contributed by atoms with Gasteiger partial charge in [0, 0.05) is 25.6 Å². The maximum absolute atomic E-state index is 2.47. The number of hydrogen-bond acceptors (Lipinski definition) is 1. The Balaban J connectivity index is 1.06. The van der Waals surface area contributed by atoms with Gasteiger partial charge in [0.2, 0.25) is 0 Å². The Hall–Kier alpha value is -6.54. The number of fused-ring (bicyclic) bond motifs is 13. The van der Waals surface area contributed by atoms with E-state index in [1.807, 2.05) is 11.3 Å². The first kappa shape index (κ1) is 31.8. The van der Waals surface area contributed by atoms with Crippen molar-refractivity contribution in [2.75, 3.05) is 0 Å². The molecular weight excluding hydrogens is 693 g/mol. The highest BCUT2D eigenvalue weighted by Crippen LogP contribution is 2.55. The molecule has 262 valence electrons. The lowest BCUT2D eigenvalue weighted by Gasteiger charge is -2.24. The average molecular weight is 729 g/mol. The van der Waals surface area contributed by atoms with Crippen LogP contribution in [0.25, 0.3) is 108 Å². The topological polar surface area (TPSA) is 0 Å². The van der Waals surface area contributed by atoms with E-state index in [1.54, 1.807) is 0 Å². The van der Waals surface area contributed by atoms with Crippen molar-refractivity contribution in [1.29, 1.82) is 0 Å². The molecule has 0 N–H and O–H groups in total. The monoisotopic (exact) mass is 728 g/mol. The van der Waals surface area contributed by atoms with Gasteiger partial charge in [0.05, 0.1) is 0 Å². The lowest BCUT2D eigenvalue weighted by Crippen LogP contribution is -2.15. The molecule has 10 aromatic carbocycles. The summed E-state index contributed by atoms with van der Waals surface area (Å²) in [6.45, 7) is 4.80. The zero-order valence-corrected chi connectivity index (χ0v) is 32.0. The molecule has 0 spiro atoms. The van der Waals surface area contributed by atoms with Crippen LogP contribution in [-0.2, 0) is 5.41 Å². The molecular formula is C55H36S. The van der Waals surface area contributed by atoms with E-state index in [1.165, 1.54) is 119 Å². The van der Waals surface area contributed by atoms with Crippen molar-refractivity contribution in [3.05, 3.63) is 193 Å². The zero-order chi connectivity index (χ0) is 37.1. The molecule has 0 fully saturated rings. The van der Waals surface area contributed by atoms with Crippen molar-refractivity contribution in [1.82, 2.24) is 0 Å². The van der Waals surface area contributed by atoms with Crippen LogP contribution in [0.1, 0.15) is 25.0 Å². The molecule has 0 amide bonds. The minimum atomic E-state index is -0.116. The molecule has 0 bridgehead atoms. The maximum Gasteiger partial charge on any atom is 0.0355 e. The van der Waals surface area contributed by atoms with E-state index >= 15 is 0 Å². The fourth-order valence-electron chi connectivity index (χ4n) is 10.2. The van der Waals surface area contributed by atoms with E-state index in [0.29, 0.717) is 0 Å². The predicted molar refractivity (Wildman–Crippen MR) is 243 cm³/mol. The van der Waals surface area contributed by atoms with Crippen LogP contribution in [0.3, 0.4) is 0 Å². The van der Waals surface area contributed by atoms with Crippen LogP contribution in [0.2, 0.25) is 0 Å². The summed E-state index contributed by atoms with van der Waals surface area (Å²) in [6.07, 6.45) is 0. The van der Waals surface area contributed by atoms with Crippen molar-refractivity contribution in [3.8, 4) is 44.5 Å². The van der Waals surface area contributed by atoms with Crippen LogP contribution in [0.5, 0.6) is 0 Å². The van der Waals surface area contributed by atoms with Crippen LogP contribution < -0.4 is 0 Å². The second-order valence-electron chi connectivity index (χ2n) is 16.0. The lowest BCUT2D eigenvalue weighted by molar-refractivity contribution is 0.666. The van der Waals surface area contributed by atoms with Gasteiger partial charge in [0.1, 0.15) is 0 Å². The SMILES string of the molecule is CC1(C)c2ccc(-c3cccc(-c4c5ccccc5c(-c5ccc6sc7ccccc7c6c5)c5ccccc45)c3)cc2-c2c1c1ccccc1c1ccccc21. The Morgan fingerprint density at radius 1 is 0.321 bits per heavy atom. The Morgan fingerprint density at radius 3 is 1.45 bits per heavy atom. The molecule has 0 atom stereocenters. The number of hydrogen-bond donors (Lipinski definition) is 0. The van der Waals surface area contributed by atoms with Gasteiger partial charge < -0.3 is 0 Å². The molecule has 0 aliphatic heterocycles. The van der Waals surface area contributed by atoms with Crippen LogP contribution in [0.4, 0.5) is 0 Å². The summed E-state index contributed by atoms with van der Waals surface area (Å²) in [5.74, 6) is 0. The summed E-state index contributed by atoms with van der Waals surface area (Å²) in [5, 5.41) is 13.1. The molecule has 1 aromatic heterocycles. The summed E-state index contributed by atoms with van der Waals surface area (Å²) < 4.78 is 2.67. The highest BCUT2D eigenvalue weighted by molar-refractivity contribution is 7.25. The molecule has 12 rings (SSSR count). The normalized spacial score (nSPS) is 13.3. The fourth-order valence-corrected chi connectivity index (χ4v) is 11.3. The van der Waals surface area contributed by atoms with Crippen molar-refractivity contribution in [3.63, 3.8) is 0 Å². The molecule has 11 aromatic rings. The van der Waals surface area contributed by atoms with E-state index < -0.39 is 0 Å². The molecule has 0 saturated carbocycles. The highest BCUT2D eigenvalue weighted by atomic mass is 32.1. The number of rotatable bonds is 3. The summed E-state index contributed by atoms with van der Waals surface area (Å²) in [7, 11) is 0. The molecule has 0 unspecified atom stereocenters. The lowest BCUT2D eigenvalue weighted by atomic mass is 9.79. The summed E-state index contributed by atoms with van der Waals surface area (Å²) in [5.41, 5.74) is 13.0. The first-order chi connectivity index (χ1) is 27.5. The number of benzene rings is 10. The van der Waals surface area contributed by atoms with Gasteiger partial charge in [0.15, 0.2) is 0 Å². The highest BCUT2D eigenvalue weighted by Gasteiger charge is 2.38. The summed E-state index contributed by atoms with van der Waals surface area (Å²) in [6, 6.07) is 68.3. The van der Waals surface area contributed by atoms with Crippen molar-refractivity contribution in [2.45, 2.75) is 19.3 Å². The largest absolute Gasteiger partial charge is 0.135 e. The fraction of sp³-hybridized carbons (Fsp3) is 0.0545. The minimum Gasteiger partial charge on any atom is -0.135 e. The quantitative estimate of drug-likeness (QED) is 0.126. The molecule has 1 aliphatic rings. The Bertz CT molecular complexity index is 3390. The molecule has 56 heavy (non-hydrogen) atoms. The summed E-state index contributed by atoms with van der Waals surface area (Å²) >= 11 is 1.88. The van der Waals surface area contributed by atoms with Crippen LogP contribution in [0, 0.1) is 0 Å². The number of thiophene rings is 1. The zero-order valence-electron chi connectivity index (χ0n) is 31.2. The third-order valence-corrected chi connectivity index (χ3v) is 13.8. The average Bonchev–Trinajstić information content (AvgIpc) is 3.74. The second-order valence-corrected chi connectivity index (χ2v) is 17.0. The molecule has 1 aliphatic carbocycles. The Kier molecular flexibility index (Phi) is 6.66. The first-order valence-electron chi connectivity index (χ1n) is 19.6. The van der Waals surface area contributed by atoms with Gasteiger partial charge in [-0.25, -0.2) is 0 Å². The summed E-state index contributed by atoms with van der Waals surface area (Å²) in [4.78, 5) is 0. The Morgan fingerprint density at radius 2 is 0.786 bits per heavy atom. The van der Waals surface area contributed by atoms with Gasteiger partial charge in [-0.05, 0) is 129 Å². The van der Waals surface area contributed by atoms with E-state index in [-0.39, 0.29) is 5.41 Å². The standard InChI is InChI=1S/C55H36S/c1-55(2)48-28-26-34(31-47(48)53-40-19-5-3-16-37(40)38-17-4-10-24-45(38)54(53)55)33-14-13-15-35(30-33)51-41-20-6-8-22-43(41)52(44-23-9-7-21-42(44)51)36-27-29-50-46(32-36)39-18-11-12-25-49(39)56-50/h3-32H,1-2H3. The molecule has 1 heteroatoms. The Labute approximate surface area is 329 Å². The maximum atomic E-state index is 2.47. The molecule has 1 heterocycles. The van der Waals surface area contributed by atoms with Gasteiger partial charge in [-0.2, -0.15) is 0 Å². The van der Waals surface area contributed by atoms with Gasteiger partial charge in [-0.1, -0.05) is 166 Å². The van der Waals surface area contributed by atoms with E-state index in [2.05, 4.69) is 196 Å². The molecule has 0 radical (unpaired) electrons. The van der Waals surface area contributed by atoms with Crippen molar-refractivity contribution >= 4 is 74.6 Å². The third-order valence-electron chi connectivity index (χ3n) is 12.6. The first-order valence-corrected chi connectivity index (χ1v) is 20.4. The predicted octanol–water partition coefficient (Wildman–Crippen LogP) is 16.0. The van der Waals surface area contributed by atoms with Crippen LogP contribution >= 0.6 is 11.3 Å².